The van der Waals surface area contributed by atoms with Crippen molar-refractivity contribution < 1.29 is 23.7 Å². The first kappa shape index (κ1) is 19.2. The minimum atomic E-state index is -0.749. The van der Waals surface area contributed by atoms with Crippen LogP contribution < -0.4 is 14.8 Å². The summed E-state index contributed by atoms with van der Waals surface area (Å²) in [5, 5.41) is 2.61. The average Bonchev–Trinajstić information content (AvgIpc) is 2.70. The Balaban J connectivity index is 1.77. The van der Waals surface area contributed by atoms with Gasteiger partial charge in [0.2, 0.25) is 0 Å². The Hall–Kier alpha value is -2.57. The van der Waals surface area contributed by atoms with Crippen molar-refractivity contribution in [1.29, 1.82) is 0 Å². The van der Waals surface area contributed by atoms with Crippen molar-refractivity contribution in [1.82, 2.24) is 5.32 Å². The first-order valence-corrected chi connectivity index (χ1v) is 9.10. The lowest BCUT2D eigenvalue weighted by Gasteiger charge is -2.23. The van der Waals surface area contributed by atoms with Crippen molar-refractivity contribution in [2.45, 2.75) is 31.7 Å². The number of rotatable bonds is 7. The number of ether oxygens (including phenoxy) is 4. The van der Waals surface area contributed by atoms with Crippen LogP contribution in [0.3, 0.4) is 0 Å². The van der Waals surface area contributed by atoms with E-state index in [9.17, 15) is 4.79 Å². The van der Waals surface area contributed by atoms with Gasteiger partial charge >= 0.3 is 0 Å². The largest absolute Gasteiger partial charge is 0.465 e. The average molecular weight is 371 g/mol. The molecular weight excluding hydrogens is 346 g/mol. The summed E-state index contributed by atoms with van der Waals surface area (Å²) in [7, 11) is 3.07. The molecule has 1 aliphatic rings. The fourth-order valence-corrected chi connectivity index (χ4v) is 2.99. The second-order valence-electron chi connectivity index (χ2n) is 6.26. The molecule has 144 valence electrons. The zero-order valence-electron chi connectivity index (χ0n) is 15.6. The zero-order valence-corrected chi connectivity index (χ0v) is 15.6. The minimum Gasteiger partial charge on any atom is -0.465 e. The van der Waals surface area contributed by atoms with Crippen LogP contribution in [0.1, 0.15) is 30.9 Å². The molecule has 6 nitrogen and oxygen atoms in total. The van der Waals surface area contributed by atoms with Gasteiger partial charge in [0, 0.05) is 32.2 Å². The van der Waals surface area contributed by atoms with E-state index < -0.39 is 6.10 Å². The zero-order chi connectivity index (χ0) is 19.1. The number of hydrogen-bond donors (Lipinski definition) is 1. The van der Waals surface area contributed by atoms with E-state index in [4.69, 9.17) is 18.9 Å². The summed E-state index contributed by atoms with van der Waals surface area (Å²) in [5.74, 6) is 1.62. The summed E-state index contributed by atoms with van der Waals surface area (Å²) in [6.45, 7) is 0.728. The molecule has 27 heavy (non-hydrogen) atoms. The third kappa shape index (κ3) is 4.99. The first-order chi connectivity index (χ1) is 13.2. The molecule has 2 atom stereocenters. The Morgan fingerprint density at radius 3 is 2.70 bits per heavy atom. The van der Waals surface area contributed by atoms with E-state index in [1.54, 1.807) is 7.05 Å². The molecule has 1 aliphatic heterocycles. The predicted octanol–water partition coefficient (Wildman–Crippen LogP) is 3.82. The minimum absolute atomic E-state index is 0.215. The quantitative estimate of drug-likeness (QED) is 0.802. The van der Waals surface area contributed by atoms with Crippen LogP contribution in [-0.2, 0) is 14.3 Å². The normalized spacial score (nSPS) is 17.8. The molecule has 1 N–H and O–H groups in total. The molecule has 0 aromatic heterocycles. The van der Waals surface area contributed by atoms with E-state index in [-0.39, 0.29) is 12.2 Å². The van der Waals surface area contributed by atoms with Gasteiger partial charge < -0.3 is 24.3 Å². The molecule has 0 radical (unpaired) electrons. The van der Waals surface area contributed by atoms with E-state index in [0.717, 1.165) is 25.9 Å². The number of likely N-dealkylation sites (N-methyl/N-ethyl adjacent to an activating group) is 1. The Labute approximate surface area is 159 Å². The molecule has 0 aliphatic carbocycles. The highest BCUT2D eigenvalue weighted by molar-refractivity contribution is 5.82. The fourth-order valence-electron chi connectivity index (χ4n) is 2.99. The summed E-state index contributed by atoms with van der Waals surface area (Å²) >= 11 is 0. The standard InChI is InChI=1S/C21H25NO5/c1-22-21(23)20(24-2)17-10-3-4-11-18(17)26-15-8-7-9-16(14-15)27-19-12-5-6-13-25-19/h3-4,7-11,14,19-20H,5-6,12-13H2,1-2H3,(H,22,23). The molecule has 6 heteroatoms. The van der Waals surface area contributed by atoms with Crippen LogP contribution in [0.5, 0.6) is 17.2 Å². The number of carbonyl (C=O) groups is 1. The van der Waals surface area contributed by atoms with Gasteiger partial charge in [-0.25, -0.2) is 0 Å². The SMILES string of the molecule is CNC(=O)C(OC)c1ccccc1Oc1cccc(OC2CCCCO2)c1. The van der Waals surface area contributed by atoms with Crippen molar-refractivity contribution in [3.63, 3.8) is 0 Å². The molecule has 1 amide bonds. The lowest BCUT2D eigenvalue weighted by atomic mass is 10.1. The highest BCUT2D eigenvalue weighted by atomic mass is 16.7. The molecular formula is C21H25NO5. The predicted molar refractivity (Wildman–Crippen MR) is 101 cm³/mol. The van der Waals surface area contributed by atoms with Crippen LogP contribution in [0, 0.1) is 0 Å². The highest BCUT2D eigenvalue weighted by Gasteiger charge is 2.23. The molecule has 1 saturated heterocycles. The van der Waals surface area contributed by atoms with E-state index in [1.165, 1.54) is 7.11 Å². The summed E-state index contributed by atoms with van der Waals surface area (Å²) in [5.41, 5.74) is 0.654. The number of methoxy groups -OCH3 is 1. The van der Waals surface area contributed by atoms with Crippen molar-refractivity contribution in [3.8, 4) is 17.2 Å². The van der Waals surface area contributed by atoms with Gasteiger partial charge in [-0.05, 0) is 31.0 Å². The Morgan fingerprint density at radius 1 is 1.15 bits per heavy atom. The van der Waals surface area contributed by atoms with Crippen LogP contribution in [0.2, 0.25) is 0 Å². The lowest BCUT2D eigenvalue weighted by molar-refractivity contribution is -0.130. The monoisotopic (exact) mass is 371 g/mol. The Morgan fingerprint density at radius 2 is 1.96 bits per heavy atom. The molecule has 1 heterocycles. The third-order valence-corrected chi connectivity index (χ3v) is 4.36. The van der Waals surface area contributed by atoms with E-state index in [2.05, 4.69) is 5.32 Å². The lowest BCUT2D eigenvalue weighted by Crippen LogP contribution is -2.27. The molecule has 2 aromatic carbocycles. The number of nitrogens with one attached hydrogen (secondary N) is 1. The molecule has 1 fully saturated rings. The van der Waals surface area contributed by atoms with Gasteiger partial charge in [-0.3, -0.25) is 4.79 Å². The fraction of sp³-hybridized carbons (Fsp3) is 0.381. The second kappa shape index (κ2) is 9.39. The third-order valence-electron chi connectivity index (χ3n) is 4.36. The number of carbonyl (C=O) groups excluding carboxylic acids is 1. The smallest absolute Gasteiger partial charge is 0.253 e. The number of amides is 1. The molecule has 0 spiro atoms. The van der Waals surface area contributed by atoms with E-state index in [0.29, 0.717) is 22.8 Å². The van der Waals surface area contributed by atoms with Gasteiger partial charge in [0.1, 0.15) is 17.2 Å². The second-order valence-corrected chi connectivity index (χ2v) is 6.26. The van der Waals surface area contributed by atoms with Gasteiger partial charge in [-0.15, -0.1) is 0 Å². The topological polar surface area (TPSA) is 66.0 Å². The van der Waals surface area contributed by atoms with Crippen LogP contribution in [0.4, 0.5) is 0 Å². The summed E-state index contributed by atoms with van der Waals surface area (Å²) in [4.78, 5) is 12.1. The molecule has 0 bridgehead atoms. The molecule has 0 saturated carbocycles. The Bertz CT molecular complexity index is 758. The maximum Gasteiger partial charge on any atom is 0.253 e. The van der Waals surface area contributed by atoms with E-state index >= 15 is 0 Å². The van der Waals surface area contributed by atoms with Crippen LogP contribution >= 0.6 is 0 Å². The first-order valence-electron chi connectivity index (χ1n) is 9.10. The van der Waals surface area contributed by atoms with Gasteiger partial charge in [0.05, 0.1) is 6.61 Å². The highest BCUT2D eigenvalue weighted by Crippen LogP contribution is 2.33. The van der Waals surface area contributed by atoms with Crippen LogP contribution in [0.15, 0.2) is 48.5 Å². The Kier molecular flexibility index (Phi) is 6.68. The number of para-hydroxylation sites is 1. The number of benzene rings is 2. The van der Waals surface area contributed by atoms with Gasteiger partial charge in [0.15, 0.2) is 12.4 Å². The van der Waals surface area contributed by atoms with Gasteiger partial charge in [-0.2, -0.15) is 0 Å². The summed E-state index contributed by atoms with van der Waals surface area (Å²) in [6.07, 6.45) is 2.10. The summed E-state index contributed by atoms with van der Waals surface area (Å²) < 4.78 is 22.9. The van der Waals surface area contributed by atoms with E-state index in [1.807, 2.05) is 48.5 Å². The van der Waals surface area contributed by atoms with Crippen LogP contribution in [0.25, 0.3) is 0 Å². The van der Waals surface area contributed by atoms with Crippen molar-refractivity contribution in [3.05, 3.63) is 54.1 Å². The molecule has 2 unspecified atom stereocenters. The summed E-state index contributed by atoms with van der Waals surface area (Å²) in [6, 6.07) is 14.7. The van der Waals surface area contributed by atoms with Gasteiger partial charge in [-0.1, -0.05) is 24.3 Å². The maximum atomic E-state index is 12.1. The van der Waals surface area contributed by atoms with Crippen molar-refractivity contribution in [2.75, 3.05) is 20.8 Å². The number of hydrogen-bond acceptors (Lipinski definition) is 5. The van der Waals surface area contributed by atoms with Crippen molar-refractivity contribution >= 4 is 5.91 Å². The molecule has 3 rings (SSSR count). The molecule has 2 aromatic rings. The van der Waals surface area contributed by atoms with Crippen molar-refractivity contribution in [2.24, 2.45) is 0 Å². The maximum absolute atomic E-state index is 12.1. The van der Waals surface area contributed by atoms with Gasteiger partial charge in [0.25, 0.3) is 5.91 Å². The van der Waals surface area contributed by atoms with Crippen LogP contribution in [-0.4, -0.2) is 33.0 Å².